The lowest BCUT2D eigenvalue weighted by Gasteiger charge is -2.22. The molecule has 0 bridgehead atoms. The summed E-state index contributed by atoms with van der Waals surface area (Å²) in [7, 11) is 0. The minimum Gasteiger partial charge on any atom is -0.376 e. The highest BCUT2D eigenvalue weighted by Gasteiger charge is 2.31. The zero-order chi connectivity index (χ0) is 11.8. The number of fused-ring (bicyclic) bond motifs is 1. The first-order chi connectivity index (χ1) is 8.25. The van der Waals surface area contributed by atoms with E-state index in [1.807, 2.05) is 0 Å². The lowest BCUT2D eigenvalue weighted by Crippen LogP contribution is -2.19. The molecule has 1 aromatic carbocycles. The highest BCUT2D eigenvalue weighted by atomic mass is 79.9. The Morgan fingerprint density at radius 1 is 1.29 bits per heavy atom. The minimum absolute atomic E-state index is 0.342. The number of alkyl halides is 1. The van der Waals surface area contributed by atoms with Gasteiger partial charge < -0.3 is 4.74 Å². The van der Waals surface area contributed by atoms with Crippen LogP contribution in [0.2, 0.25) is 0 Å². The average molecular weight is 295 g/mol. The summed E-state index contributed by atoms with van der Waals surface area (Å²) in [5.74, 6) is 0.660. The number of benzene rings is 1. The summed E-state index contributed by atoms with van der Waals surface area (Å²) in [5, 5.41) is 0. The summed E-state index contributed by atoms with van der Waals surface area (Å²) in [6, 6.07) is 6.97. The Morgan fingerprint density at radius 2 is 2.12 bits per heavy atom. The Hall–Kier alpha value is -0.340. The number of ether oxygens (including phenoxy) is 1. The van der Waals surface area contributed by atoms with Gasteiger partial charge in [0.25, 0.3) is 0 Å². The third-order valence-corrected chi connectivity index (χ3v) is 5.22. The van der Waals surface area contributed by atoms with Crippen LogP contribution >= 0.6 is 15.9 Å². The molecule has 1 fully saturated rings. The molecule has 1 aliphatic carbocycles. The van der Waals surface area contributed by atoms with E-state index in [0.717, 1.165) is 6.61 Å². The highest BCUT2D eigenvalue weighted by molar-refractivity contribution is 9.09. The first-order valence-electron chi connectivity index (χ1n) is 6.63. The van der Waals surface area contributed by atoms with Gasteiger partial charge in [-0.25, -0.2) is 0 Å². The molecule has 0 N–H and O–H groups in total. The maximum atomic E-state index is 5.85. The summed E-state index contributed by atoms with van der Waals surface area (Å²) >= 11 is 3.84. The lowest BCUT2D eigenvalue weighted by molar-refractivity contribution is 0.0935. The van der Waals surface area contributed by atoms with Crippen molar-refractivity contribution in [2.75, 3.05) is 6.61 Å². The van der Waals surface area contributed by atoms with E-state index in [-0.39, 0.29) is 0 Å². The third-order valence-electron chi connectivity index (χ3n) is 4.17. The zero-order valence-electron chi connectivity index (χ0n) is 10.3. The third kappa shape index (κ3) is 2.17. The van der Waals surface area contributed by atoms with Gasteiger partial charge in [0.15, 0.2) is 0 Å². The Bertz CT molecular complexity index is 415. The molecule has 2 heteroatoms. The molecular weight excluding hydrogens is 276 g/mol. The van der Waals surface area contributed by atoms with E-state index < -0.39 is 0 Å². The molecule has 3 rings (SSSR count). The molecule has 1 nitrogen and oxygen atoms in total. The maximum Gasteiger partial charge on any atom is 0.0767 e. The van der Waals surface area contributed by atoms with Gasteiger partial charge in [-0.3, -0.25) is 0 Å². The number of rotatable bonds is 2. The Kier molecular flexibility index (Phi) is 3.27. The second-order valence-corrected chi connectivity index (χ2v) is 6.37. The number of aryl methyl sites for hydroxylation is 2. The van der Waals surface area contributed by atoms with Gasteiger partial charge in [-0.1, -0.05) is 41.1 Å². The van der Waals surface area contributed by atoms with Crippen LogP contribution in [0.1, 0.15) is 41.3 Å². The fraction of sp³-hybridized carbons (Fsp3) is 0.600. The molecule has 0 aromatic heterocycles. The summed E-state index contributed by atoms with van der Waals surface area (Å²) in [6.45, 7) is 3.21. The highest BCUT2D eigenvalue weighted by Crippen LogP contribution is 2.38. The van der Waals surface area contributed by atoms with Gasteiger partial charge in [0, 0.05) is 6.61 Å². The van der Waals surface area contributed by atoms with Crippen molar-refractivity contribution < 1.29 is 4.74 Å². The van der Waals surface area contributed by atoms with E-state index in [1.54, 1.807) is 11.1 Å². The molecule has 1 saturated heterocycles. The molecule has 0 amide bonds. The molecule has 2 aliphatic rings. The van der Waals surface area contributed by atoms with Crippen LogP contribution in [0.3, 0.4) is 0 Å². The van der Waals surface area contributed by atoms with E-state index in [4.69, 9.17) is 4.74 Å². The average Bonchev–Trinajstić information content (AvgIpc) is 2.95. The number of hydrogen-bond donors (Lipinski definition) is 0. The summed E-state index contributed by atoms with van der Waals surface area (Å²) in [5.41, 5.74) is 4.50. The molecule has 1 aliphatic heterocycles. The van der Waals surface area contributed by atoms with Crippen molar-refractivity contribution in [1.29, 1.82) is 0 Å². The molecule has 17 heavy (non-hydrogen) atoms. The smallest absolute Gasteiger partial charge is 0.0767 e. The second-order valence-electron chi connectivity index (χ2n) is 5.38. The van der Waals surface area contributed by atoms with Crippen molar-refractivity contribution in [1.82, 2.24) is 0 Å². The SMILES string of the molecule is CC1CCOC1C(Br)c1ccc2c(c1)CCC2. The van der Waals surface area contributed by atoms with E-state index in [0.29, 0.717) is 16.8 Å². The van der Waals surface area contributed by atoms with Crippen LogP contribution in [0.15, 0.2) is 18.2 Å². The maximum absolute atomic E-state index is 5.85. The Labute approximate surface area is 112 Å². The molecule has 1 heterocycles. The largest absolute Gasteiger partial charge is 0.376 e. The molecular formula is C15H19BrO. The first-order valence-corrected chi connectivity index (χ1v) is 7.54. The van der Waals surface area contributed by atoms with Gasteiger partial charge in [0.1, 0.15) is 0 Å². The first kappa shape index (κ1) is 11.7. The molecule has 0 radical (unpaired) electrons. The monoisotopic (exact) mass is 294 g/mol. The van der Waals surface area contributed by atoms with Crippen molar-refractivity contribution in [3.8, 4) is 0 Å². The quantitative estimate of drug-likeness (QED) is 0.748. The minimum atomic E-state index is 0.342. The molecule has 3 atom stereocenters. The molecule has 92 valence electrons. The predicted octanol–water partition coefficient (Wildman–Crippen LogP) is 4.04. The van der Waals surface area contributed by atoms with Crippen LogP contribution in [0.5, 0.6) is 0 Å². The normalized spacial score (nSPS) is 29.3. The van der Waals surface area contributed by atoms with Crippen LogP contribution in [0.25, 0.3) is 0 Å². The second kappa shape index (κ2) is 4.74. The van der Waals surface area contributed by atoms with Gasteiger partial charge in [-0.15, -0.1) is 0 Å². The van der Waals surface area contributed by atoms with Gasteiger partial charge in [0.2, 0.25) is 0 Å². The van der Waals surface area contributed by atoms with E-state index in [1.165, 1.54) is 31.2 Å². The fourth-order valence-electron chi connectivity index (χ4n) is 3.04. The number of hydrogen-bond acceptors (Lipinski definition) is 1. The molecule has 0 saturated carbocycles. The van der Waals surface area contributed by atoms with Crippen LogP contribution < -0.4 is 0 Å². The topological polar surface area (TPSA) is 9.23 Å². The van der Waals surface area contributed by atoms with Crippen molar-refractivity contribution in [2.24, 2.45) is 5.92 Å². The van der Waals surface area contributed by atoms with Crippen molar-refractivity contribution >= 4 is 15.9 Å². The Balaban J connectivity index is 1.83. The summed E-state index contributed by atoms with van der Waals surface area (Å²) in [4.78, 5) is 0.353. The Morgan fingerprint density at radius 3 is 2.88 bits per heavy atom. The van der Waals surface area contributed by atoms with E-state index in [2.05, 4.69) is 41.1 Å². The van der Waals surface area contributed by atoms with Gasteiger partial charge >= 0.3 is 0 Å². The van der Waals surface area contributed by atoms with Crippen LogP contribution in [0, 0.1) is 5.92 Å². The summed E-state index contributed by atoms with van der Waals surface area (Å²) < 4.78 is 5.85. The van der Waals surface area contributed by atoms with Crippen LogP contribution in [-0.4, -0.2) is 12.7 Å². The molecule has 1 aromatic rings. The standard InChI is InChI=1S/C15H19BrO/c1-10-7-8-17-15(10)14(16)13-6-5-11-3-2-4-12(11)9-13/h5-6,9-10,14-15H,2-4,7-8H2,1H3. The van der Waals surface area contributed by atoms with Crippen LogP contribution in [0.4, 0.5) is 0 Å². The van der Waals surface area contributed by atoms with Gasteiger partial charge in [-0.2, -0.15) is 0 Å². The molecule has 3 unspecified atom stereocenters. The van der Waals surface area contributed by atoms with Crippen molar-refractivity contribution in [3.05, 3.63) is 34.9 Å². The fourth-order valence-corrected chi connectivity index (χ4v) is 4.00. The zero-order valence-corrected chi connectivity index (χ0v) is 11.9. The van der Waals surface area contributed by atoms with Gasteiger partial charge in [0.05, 0.1) is 10.9 Å². The summed E-state index contributed by atoms with van der Waals surface area (Å²) in [6.07, 6.45) is 5.37. The van der Waals surface area contributed by atoms with Gasteiger partial charge in [-0.05, 0) is 48.3 Å². The van der Waals surface area contributed by atoms with Crippen LogP contribution in [-0.2, 0) is 17.6 Å². The number of halogens is 1. The lowest BCUT2D eigenvalue weighted by atomic mass is 9.95. The van der Waals surface area contributed by atoms with Crippen molar-refractivity contribution in [3.63, 3.8) is 0 Å². The molecule has 0 spiro atoms. The van der Waals surface area contributed by atoms with Crippen molar-refractivity contribution in [2.45, 2.75) is 43.5 Å². The van der Waals surface area contributed by atoms with E-state index >= 15 is 0 Å². The predicted molar refractivity (Wildman–Crippen MR) is 73.7 cm³/mol. The van der Waals surface area contributed by atoms with E-state index in [9.17, 15) is 0 Å².